The SMILES string of the molecule is Clc1ccccc1SCc1ncc(CNC2CC2)[nH]1. The van der Waals surface area contributed by atoms with Gasteiger partial charge in [0.05, 0.1) is 10.8 Å². The molecule has 1 aromatic heterocycles. The zero-order chi connectivity index (χ0) is 13.1. The number of aromatic amines is 1. The van der Waals surface area contributed by atoms with Gasteiger partial charge in [-0.2, -0.15) is 0 Å². The lowest BCUT2D eigenvalue weighted by Gasteiger charge is -2.02. The van der Waals surface area contributed by atoms with E-state index in [1.165, 1.54) is 12.8 Å². The van der Waals surface area contributed by atoms with Gasteiger partial charge < -0.3 is 10.3 Å². The number of thioether (sulfide) groups is 1. The minimum Gasteiger partial charge on any atom is -0.344 e. The van der Waals surface area contributed by atoms with E-state index in [4.69, 9.17) is 11.6 Å². The molecule has 1 aliphatic carbocycles. The van der Waals surface area contributed by atoms with Gasteiger partial charge in [0.25, 0.3) is 0 Å². The molecule has 1 heterocycles. The highest BCUT2D eigenvalue weighted by atomic mass is 35.5. The predicted molar refractivity (Wildman–Crippen MR) is 79.5 cm³/mol. The predicted octanol–water partition coefficient (Wildman–Crippen LogP) is 3.61. The van der Waals surface area contributed by atoms with Crippen LogP contribution in [0.15, 0.2) is 35.4 Å². The fourth-order valence-electron chi connectivity index (χ4n) is 1.82. The van der Waals surface area contributed by atoms with Crippen LogP contribution in [-0.2, 0) is 12.3 Å². The summed E-state index contributed by atoms with van der Waals surface area (Å²) < 4.78 is 0. The molecule has 0 radical (unpaired) electrons. The van der Waals surface area contributed by atoms with Gasteiger partial charge >= 0.3 is 0 Å². The Labute approximate surface area is 122 Å². The van der Waals surface area contributed by atoms with E-state index in [1.54, 1.807) is 11.8 Å². The van der Waals surface area contributed by atoms with Crippen LogP contribution in [0.3, 0.4) is 0 Å². The van der Waals surface area contributed by atoms with Gasteiger partial charge in [-0.25, -0.2) is 4.98 Å². The van der Waals surface area contributed by atoms with Crippen LogP contribution < -0.4 is 5.32 Å². The third kappa shape index (κ3) is 3.75. The number of aromatic nitrogens is 2. The van der Waals surface area contributed by atoms with Crippen molar-refractivity contribution >= 4 is 23.4 Å². The van der Waals surface area contributed by atoms with E-state index in [1.807, 2.05) is 30.5 Å². The molecule has 1 aliphatic rings. The fourth-order valence-corrected chi connectivity index (χ4v) is 2.94. The van der Waals surface area contributed by atoms with Gasteiger partial charge in [0.15, 0.2) is 0 Å². The molecule has 2 N–H and O–H groups in total. The van der Waals surface area contributed by atoms with Crippen molar-refractivity contribution in [1.82, 2.24) is 15.3 Å². The lowest BCUT2D eigenvalue weighted by Crippen LogP contribution is -2.15. The van der Waals surface area contributed by atoms with E-state index in [2.05, 4.69) is 15.3 Å². The summed E-state index contributed by atoms with van der Waals surface area (Å²) in [6.07, 6.45) is 4.53. The molecule has 0 atom stereocenters. The van der Waals surface area contributed by atoms with Crippen LogP contribution in [-0.4, -0.2) is 16.0 Å². The van der Waals surface area contributed by atoms with Crippen LogP contribution in [0.4, 0.5) is 0 Å². The van der Waals surface area contributed by atoms with Crippen molar-refractivity contribution in [3.8, 4) is 0 Å². The largest absolute Gasteiger partial charge is 0.344 e. The third-order valence-corrected chi connectivity index (χ3v) is 4.57. The highest BCUT2D eigenvalue weighted by Gasteiger charge is 2.20. The smallest absolute Gasteiger partial charge is 0.116 e. The highest BCUT2D eigenvalue weighted by molar-refractivity contribution is 7.98. The summed E-state index contributed by atoms with van der Waals surface area (Å²) in [7, 11) is 0. The quantitative estimate of drug-likeness (QED) is 0.800. The molecular formula is C14H16ClN3S. The van der Waals surface area contributed by atoms with Crippen LogP contribution >= 0.6 is 23.4 Å². The number of nitrogens with zero attached hydrogens (tertiary/aromatic N) is 1. The van der Waals surface area contributed by atoms with Gasteiger partial charge in [-0.15, -0.1) is 11.8 Å². The van der Waals surface area contributed by atoms with Crippen LogP contribution in [0.1, 0.15) is 24.4 Å². The first kappa shape index (κ1) is 13.0. The van der Waals surface area contributed by atoms with Gasteiger partial charge in [0.2, 0.25) is 0 Å². The number of rotatable bonds is 6. The highest BCUT2D eigenvalue weighted by Crippen LogP contribution is 2.28. The number of H-pyrrole nitrogens is 1. The molecule has 3 rings (SSSR count). The Morgan fingerprint density at radius 3 is 3.00 bits per heavy atom. The lowest BCUT2D eigenvalue weighted by molar-refractivity contribution is 0.676. The second-order valence-corrected chi connectivity index (χ2v) is 6.15. The second-order valence-electron chi connectivity index (χ2n) is 4.73. The van der Waals surface area contributed by atoms with Crippen LogP contribution in [0.2, 0.25) is 5.02 Å². The number of hydrogen-bond donors (Lipinski definition) is 2. The van der Waals surface area contributed by atoms with E-state index >= 15 is 0 Å². The second kappa shape index (κ2) is 5.99. The summed E-state index contributed by atoms with van der Waals surface area (Å²) in [6, 6.07) is 8.62. The molecule has 0 saturated heterocycles. The Kier molecular flexibility index (Phi) is 4.11. The Morgan fingerprint density at radius 2 is 2.21 bits per heavy atom. The summed E-state index contributed by atoms with van der Waals surface area (Å²) >= 11 is 7.83. The molecular weight excluding hydrogens is 278 g/mol. The first-order valence-electron chi connectivity index (χ1n) is 6.45. The van der Waals surface area contributed by atoms with Crippen LogP contribution in [0.25, 0.3) is 0 Å². The monoisotopic (exact) mass is 293 g/mol. The summed E-state index contributed by atoms with van der Waals surface area (Å²) in [5.74, 6) is 1.81. The maximum atomic E-state index is 6.13. The van der Waals surface area contributed by atoms with Crippen molar-refractivity contribution in [2.75, 3.05) is 0 Å². The molecule has 0 bridgehead atoms. The van der Waals surface area contributed by atoms with Gasteiger partial charge in [-0.1, -0.05) is 23.7 Å². The minimum atomic E-state index is 0.726. The Bertz CT molecular complexity index is 551. The molecule has 0 aliphatic heterocycles. The summed E-state index contributed by atoms with van der Waals surface area (Å²) in [5.41, 5.74) is 1.15. The number of benzene rings is 1. The average molecular weight is 294 g/mol. The van der Waals surface area contributed by atoms with E-state index in [-0.39, 0.29) is 0 Å². The lowest BCUT2D eigenvalue weighted by atomic mass is 10.4. The van der Waals surface area contributed by atoms with Crippen molar-refractivity contribution in [1.29, 1.82) is 0 Å². The Hall–Kier alpha value is -0.970. The number of imidazole rings is 1. The van der Waals surface area contributed by atoms with E-state index in [0.717, 1.165) is 39.8 Å². The molecule has 2 aromatic rings. The maximum absolute atomic E-state index is 6.13. The van der Waals surface area contributed by atoms with Crippen LogP contribution in [0, 0.1) is 0 Å². The fraction of sp³-hybridized carbons (Fsp3) is 0.357. The Balaban J connectivity index is 1.53. The standard InChI is InChI=1S/C14H16ClN3S/c15-12-3-1-2-4-13(12)19-9-14-17-8-11(18-14)7-16-10-5-6-10/h1-4,8,10,16H,5-7,9H2,(H,17,18). The molecule has 0 amide bonds. The summed E-state index contributed by atoms with van der Waals surface area (Å²) in [5, 5.41) is 4.27. The number of hydrogen-bond acceptors (Lipinski definition) is 3. The molecule has 1 fully saturated rings. The van der Waals surface area contributed by atoms with E-state index in [0.29, 0.717) is 0 Å². The van der Waals surface area contributed by atoms with Crippen molar-refractivity contribution in [2.45, 2.75) is 36.1 Å². The zero-order valence-corrected chi connectivity index (χ0v) is 12.1. The molecule has 5 heteroatoms. The first-order valence-corrected chi connectivity index (χ1v) is 7.81. The molecule has 19 heavy (non-hydrogen) atoms. The molecule has 100 valence electrons. The first-order chi connectivity index (χ1) is 9.31. The van der Waals surface area contributed by atoms with Gasteiger partial charge in [0.1, 0.15) is 5.82 Å². The number of halogens is 1. The summed E-state index contributed by atoms with van der Waals surface area (Å²) in [6.45, 7) is 0.883. The molecule has 3 nitrogen and oxygen atoms in total. The maximum Gasteiger partial charge on any atom is 0.116 e. The van der Waals surface area contributed by atoms with Gasteiger partial charge in [-0.05, 0) is 25.0 Å². The van der Waals surface area contributed by atoms with E-state index < -0.39 is 0 Å². The minimum absolute atomic E-state index is 0.726. The topological polar surface area (TPSA) is 40.7 Å². The zero-order valence-electron chi connectivity index (χ0n) is 10.5. The van der Waals surface area contributed by atoms with Gasteiger partial charge in [0, 0.05) is 29.4 Å². The van der Waals surface area contributed by atoms with Crippen molar-refractivity contribution in [3.05, 3.63) is 47.0 Å². The van der Waals surface area contributed by atoms with Crippen molar-refractivity contribution in [2.24, 2.45) is 0 Å². The van der Waals surface area contributed by atoms with Crippen LogP contribution in [0.5, 0.6) is 0 Å². The van der Waals surface area contributed by atoms with E-state index in [9.17, 15) is 0 Å². The molecule has 1 aromatic carbocycles. The normalized spacial score (nSPS) is 14.8. The molecule has 0 spiro atoms. The molecule has 0 unspecified atom stereocenters. The Morgan fingerprint density at radius 1 is 1.37 bits per heavy atom. The number of nitrogens with one attached hydrogen (secondary N) is 2. The summed E-state index contributed by atoms with van der Waals surface area (Å²) in [4.78, 5) is 8.84. The average Bonchev–Trinajstić information content (AvgIpc) is 3.14. The van der Waals surface area contributed by atoms with Crippen molar-refractivity contribution < 1.29 is 0 Å². The van der Waals surface area contributed by atoms with Gasteiger partial charge in [-0.3, -0.25) is 0 Å². The molecule has 1 saturated carbocycles. The van der Waals surface area contributed by atoms with Crippen molar-refractivity contribution in [3.63, 3.8) is 0 Å². The third-order valence-electron chi connectivity index (χ3n) is 3.04.